The number of rotatable bonds is 6. The molecule has 5 nitrogen and oxygen atoms in total. The van der Waals surface area contributed by atoms with Gasteiger partial charge in [-0.25, -0.2) is 0 Å². The van der Waals surface area contributed by atoms with Crippen molar-refractivity contribution in [3.8, 4) is 5.75 Å². The maximum Gasteiger partial charge on any atom is 0.193 e. The lowest BCUT2D eigenvalue weighted by Crippen LogP contribution is -2.45. The molecule has 1 atom stereocenters. The van der Waals surface area contributed by atoms with Gasteiger partial charge in [-0.1, -0.05) is 39.0 Å². The molecule has 1 rings (SSSR count). The molecule has 0 bridgehead atoms. The van der Waals surface area contributed by atoms with E-state index < -0.39 is 0 Å². The Hall–Kier alpha value is -1.75. The van der Waals surface area contributed by atoms with Gasteiger partial charge in [0, 0.05) is 39.9 Å². The molecular formula is C18H31N3O2. The molecule has 5 heteroatoms. The fourth-order valence-electron chi connectivity index (χ4n) is 2.48. The molecule has 0 saturated carbocycles. The molecule has 1 aromatic rings. The number of hydrogen-bond donors (Lipinski definition) is 1. The van der Waals surface area contributed by atoms with Crippen LogP contribution in [0.25, 0.3) is 0 Å². The van der Waals surface area contributed by atoms with Crippen LogP contribution in [0, 0.1) is 5.41 Å². The first-order chi connectivity index (χ1) is 10.8. The zero-order valence-electron chi connectivity index (χ0n) is 15.5. The van der Waals surface area contributed by atoms with E-state index in [2.05, 4.69) is 42.0 Å². The normalized spacial score (nSPS) is 13.6. The Kier molecular flexibility index (Phi) is 7.36. The van der Waals surface area contributed by atoms with E-state index in [1.807, 2.05) is 25.2 Å². The average molecular weight is 321 g/mol. The first kappa shape index (κ1) is 19.3. The van der Waals surface area contributed by atoms with Gasteiger partial charge in [0.2, 0.25) is 0 Å². The highest BCUT2D eigenvalue weighted by molar-refractivity contribution is 5.79. The summed E-state index contributed by atoms with van der Waals surface area (Å²) in [6, 6.07) is 8.03. The number of hydrogen-bond acceptors (Lipinski definition) is 3. The Morgan fingerprint density at radius 3 is 2.43 bits per heavy atom. The van der Waals surface area contributed by atoms with Crippen molar-refractivity contribution >= 4 is 5.96 Å². The van der Waals surface area contributed by atoms with Crippen molar-refractivity contribution < 1.29 is 9.47 Å². The van der Waals surface area contributed by atoms with Crippen molar-refractivity contribution in [3.05, 3.63) is 29.8 Å². The predicted octanol–water partition coefficient (Wildman–Crippen LogP) is 2.76. The molecule has 0 spiro atoms. The minimum Gasteiger partial charge on any atom is -0.496 e. The van der Waals surface area contributed by atoms with Crippen LogP contribution >= 0.6 is 0 Å². The first-order valence-electron chi connectivity index (χ1n) is 7.90. The van der Waals surface area contributed by atoms with Crippen LogP contribution in [0.1, 0.15) is 26.3 Å². The monoisotopic (exact) mass is 321 g/mol. The van der Waals surface area contributed by atoms with Crippen LogP contribution in [0.15, 0.2) is 29.3 Å². The van der Waals surface area contributed by atoms with Crippen molar-refractivity contribution in [2.45, 2.75) is 33.4 Å². The molecule has 0 aromatic heterocycles. The van der Waals surface area contributed by atoms with Crippen LogP contribution in [-0.2, 0) is 11.3 Å². The Labute approximate surface area is 140 Å². The van der Waals surface area contributed by atoms with Crippen LogP contribution in [0.4, 0.5) is 0 Å². The molecule has 130 valence electrons. The SMILES string of the molecule is CN=C(NCC(OC)C(C)(C)C)N(C)Cc1ccccc1OC. The molecule has 1 aromatic carbocycles. The second kappa shape index (κ2) is 8.77. The van der Waals surface area contributed by atoms with Crippen molar-refractivity contribution in [3.63, 3.8) is 0 Å². The summed E-state index contributed by atoms with van der Waals surface area (Å²) < 4.78 is 11.0. The molecule has 23 heavy (non-hydrogen) atoms. The van der Waals surface area contributed by atoms with Crippen molar-refractivity contribution in [1.82, 2.24) is 10.2 Å². The second-order valence-corrected chi connectivity index (χ2v) is 6.69. The summed E-state index contributed by atoms with van der Waals surface area (Å²) in [5.41, 5.74) is 1.20. The van der Waals surface area contributed by atoms with Crippen LogP contribution in [0.2, 0.25) is 0 Å². The maximum atomic E-state index is 5.59. The zero-order chi connectivity index (χ0) is 17.5. The molecule has 0 saturated heterocycles. The lowest BCUT2D eigenvalue weighted by atomic mass is 9.89. The third kappa shape index (κ3) is 5.75. The van der Waals surface area contributed by atoms with Crippen molar-refractivity contribution in [1.29, 1.82) is 0 Å². The van der Waals surface area contributed by atoms with Crippen molar-refractivity contribution in [2.24, 2.45) is 10.4 Å². The lowest BCUT2D eigenvalue weighted by Gasteiger charge is -2.31. The highest BCUT2D eigenvalue weighted by atomic mass is 16.5. The van der Waals surface area contributed by atoms with Crippen molar-refractivity contribution in [2.75, 3.05) is 34.9 Å². The van der Waals surface area contributed by atoms with Crippen LogP contribution in [0.5, 0.6) is 5.75 Å². The van der Waals surface area contributed by atoms with Gasteiger partial charge in [0.1, 0.15) is 5.75 Å². The van der Waals surface area contributed by atoms with Crippen LogP contribution in [-0.4, -0.2) is 51.8 Å². The van der Waals surface area contributed by atoms with E-state index in [-0.39, 0.29) is 11.5 Å². The maximum absolute atomic E-state index is 5.59. The van der Waals surface area contributed by atoms with E-state index in [1.165, 1.54) is 0 Å². The summed E-state index contributed by atoms with van der Waals surface area (Å²) in [5, 5.41) is 3.39. The average Bonchev–Trinajstić information content (AvgIpc) is 2.50. The molecule has 0 heterocycles. The molecule has 0 aliphatic rings. The van der Waals surface area contributed by atoms with E-state index >= 15 is 0 Å². The van der Waals surface area contributed by atoms with E-state index in [1.54, 1.807) is 21.3 Å². The Balaban J connectivity index is 2.71. The molecule has 0 aliphatic carbocycles. The van der Waals surface area contributed by atoms with E-state index in [4.69, 9.17) is 9.47 Å². The number of nitrogens with zero attached hydrogens (tertiary/aromatic N) is 2. The third-order valence-corrected chi connectivity index (χ3v) is 3.87. The molecule has 0 fully saturated rings. The van der Waals surface area contributed by atoms with Gasteiger partial charge in [0.15, 0.2) is 5.96 Å². The molecule has 0 radical (unpaired) electrons. The summed E-state index contributed by atoms with van der Waals surface area (Å²) in [6.07, 6.45) is 0.110. The number of nitrogens with one attached hydrogen (secondary N) is 1. The van der Waals surface area contributed by atoms with Gasteiger partial charge < -0.3 is 19.7 Å². The largest absolute Gasteiger partial charge is 0.496 e. The van der Waals surface area contributed by atoms with E-state index in [0.29, 0.717) is 6.54 Å². The molecular weight excluding hydrogens is 290 g/mol. The molecule has 0 aliphatic heterocycles. The highest BCUT2D eigenvalue weighted by Gasteiger charge is 2.24. The Morgan fingerprint density at radius 1 is 1.26 bits per heavy atom. The Bertz CT molecular complexity index is 509. The number of benzene rings is 1. The zero-order valence-corrected chi connectivity index (χ0v) is 15.5. The fourth-order valence-corrected chi connectivity index (χ4v) is 2.48. The number of ether oxygens (including phenoxy) is 2. The fraction of sp³-hybridized carbons (Fsp3) is 0.611. The van der Waals surface area contributed by atoms with Gasteiger partial charge in [-0.3, -0.25) is 4.99 Å². The van der Waals surface area contributed by atoms with Gasteiger partial charge >= 0.3 is 0 Å². The molecule has 0 amide bonds. The van der Waals surface area contributed by atoms with Gasteiger partial charge in [-0.15, -0.1) is 0 Å². The topological polar surface area (TPSA) is 46.1 Å². The number of methoxy groups -OCH3 is 2. The standard InChI is InChI=1S/C18H31N3O2/c1-18(2,3)16(23-7)12-20-17(19-4)21(5)13-14-10-8-9-11-15(14)22-6/h8-11,16H,12-13H2,1-7H3,(H,19,20). The summed E-state index contributed by atoms with van der Waals surface area (Å²) in [5.74, 6) is 1.72. The summed E-state index contributed by atoms with van der Waals surface area (Å²) >= 11 is 0. The summed E-state index contributed by atoms with van der Waals surface area (Å²) in [6.45, 7) is 7.94. The number of para-hydroxylation sites is 1. The molecule has 1 N–H and O–H groups in total. The number of aliphatic imine (C=N–C) groups is 1. The van der Waals surface area contributed by atoms with Gasteiger partial charge in [0.05, 0.1) is 13.2 Å². The summed E-state index contributed by atoms with van der Waals surface area (Å²) in [4.78, 5) is 6.44. The van der Waals surface area contributed by atoms with Gasteiger partial charge in [-0.05, 0) is 11.5 Å². The third-order valence-electron chi connectivity index (χ3n) is 3.87. The van der Waals surface area contributed by atoms with Crippen LogP contribution in [0.3, 0.4) is 0 Å². The molecule has 1 unspecified atom stereocenters. The van der Waals surface area contributed by atoms with E-state index in [9.17, 15) is 0 Å². The number of guanidine groups is 1. The smallest absolute Gasteiger partial charge is 0.193 e. The highest BCUT2D eigenvalue weighted by Crippen LogP contribution is 2.21. The first-order valence-corrected chi connectivity index (χ1v) is 7.90. The predicted molar refractivity (Wildman–Crippen MR) is 96.1 cm³/mol. The minimum atomic E-state index is 0.0713. The van der Waals surface area contributed by atoms with Gasteiger partial charge in [0.25, 0.3) is 0 Å². The summed E-state index contributed by atoms with van der Waals surface area (Å²) in [7, 11) is 7.25. The Morgan fingerprint density at radius 2 is 1.91 bits per heavy atom. The quantitative estimate of drug-likeness (QED) is 0.646. The second-order valence-electron chi connectivity index (χ2n) is 6.69. The van der Waals surface area contributed by atoms with Gasteiger partial charge in [-0.2, -0.15) is 0 Å². The lowest BCUT2D eigenvalue weighted by molar-refractivity contribution is 0.0202. The minimum absolute atomic E-state index is 0.0713. The van der Waals surface area contributed by atoms with Crippen LogP contribution < -0.4 is 10.1 Å². The van der Waals surface area contributed by atoms with E-state index in [0.717, 1.165) is 23.8 Å².